The molecule has 5 heteroatoms. The van der Waals surface area contributed by atoms with Crippen LogP contribution in [-0.2, 0) is 9.53 Å². The highest BCUT2D eigenvalue weighted by atomic mass is 16.5. The number of fused-ring (bicyclic) bond motifs is 3. The molecule has 21 heavy (non-hydrogen) atoms. The standard InChI is InChI=1S/C16H29N3O2/c1-2-21-12-5-16(20)19-10-8-18(9-11-19)15-13-17-6-3-14(15)4-7-17/h14-15H,2-13H2,1H3/t15-/m0/s1. The first-order valence-corrected chi connectivity index (χ1v) is 8.60. The lowest BCUT2D eigenvalue weighted by Gasteiger charge is -2.51. The summed E-state index contributed by atoms with van der Waals surface area (Å²) >= 11 is 0. The van der Waals surface area contributed by atoms with Gasteiger partial charge in [0.05, 0.1) is 13.0 Å². The van der Waals surface area contributed by atoms with Crippen LogP contribution in [-0.4, -0.2) is 85.7 Å². The van der Waals surface area contributed by atoms with E-state index in [1.165, 1.54) is 32.5 Å². The van der Waals surface area contributed by atoms with Gasteiger partial charge in [-0.05, 0) is 38.8 Å². The van der Waals surface area contributed by atoms with Gasteiger partial charge in [0.15, 0.2) is 0 Å². The Labute approximate surface area is 128 Å². The third-order valence-electron chi connectivity index (χ3n) is 5.42. The molecule has 0 saturated carbocycles. The summed E-state index contributed by atoms with van der Waals surface area (Å²) in [5.41, 5.74) is 0. The van der Waals surface area contributed by atoms with Gasteiger partial charge in [-0.3, -0.25) is 9.69 Å². The molecule has 4 aliphatic rings. The van der Waals surface area contributed by atoms with Crippen LogP contribution in [0, 0.1) is 5.92 Å². The molecular formula is C16H29N3O2. The van der Waals surface area contributed by atoms with Crippen molar-refractivity contribution in [3.8, 4) is 0 Å². The molecule has 4 heterocycles. The van der Waals surface area contributed by atoms with E-state index in [-0.39, 0.29) is 5.91 Å². The fourth-order valence-electron chi connectivity index (χ4n) is 4.11. The van der Waals surface area contributed by atoms with Crippen LogP contribution in [0.15, 0.2) is 0 Å². The quantitative estimate of drug-likeness (QED) is 0.698. The zero-order chi connectivity index (χ0) is 14.7. The van der Waals surface area contributed by atoms with Gasteiger partial charge in [0.2, 0.25) is 5.91 Å². The second kappa shape index (κ2) is 7.07. The van der Waals surface area contributed by atoms with Crippen LogP contribution in [0.3, 0.4) is 0 Å². The van der Waals surface area contributed by atoms with Crippen LogP contribution in [0.2, 0.25) is 0 Å². The number of carbonyl (C=O) groups is 1. The van der Waals surface area contributed by atoms with Crippen molar-refractivity contribution in [1.82, 2.24) is 14.7 Å². The van der Waals surface area contributed by atoms with E-state index in [2.05, 4.69) is 9.80 Å². The van der Waals surface area contributed by atoms with Crippen molar-refractivity contribution >= 4 is 5.91 Å². The Morgan fingerprint density at radius 3 is 2.38 bits per heavy atom. The van der Waals surface area contributed by atoms with Gasteiger partial charge in [0, 0.05) is 45.4 Å². The number of piperidine rings is 3. The molecule has 0 aromatic heterocycles. The number of hydrogen-bond acceptors (Lipinski definition) is 4. The highest BCUT2D eigenvalue weighted by molar-refractivity contribution is 5.76. The van der Waals surface area contributed by atoms with E-state index in [0.29, 0.717) is 19.6 Å². The molecule has 120 valence electrons. The van der Waals surface area contributed by atoms with Crippen LogP contribution < -0.4 is 0 Å². The van der Waals surface area contributed by atoms with E-state index in [1.54, 1.807) is 0 Å². The second-order valence-electron chi connectivity index (χ2n) is 6.57. The Hall–Kier alpha value is -0.650. The number of piperazine rings is 1. The van der Waals surface area contributed by atoms with Crippen LogP contribution in [0.25, 0.3) is 0 Å². The first-order chi connectivity index (χ1) is 10.3. The Morgan fingerprint density at radius 2 is 1.81 bits per heavy atom. The third kappa shape index (κ3) is 3.58. The lowest BCUT2D eigenvalue weighted by Crippen LogP contribution is -2.61. The molecule has 1 atom stereocenters. The maximum absolute atomic E-state index is 12.1. The zero-order valence-corrected chi connectivity index (χ0v) is 13.3. The Morgan fingerprint density at radius 1 is 1.10 bits per heavy atom. The van der Waals surface area contributed by atoms with Gasteiger partial charge in [-0.25, -0.2) is 0 Å². The monoisotopic (exact) mass is 295 g/mol. The van der Waals surface area contributed by atoms with Crippen molar-refractivity contribution < 1.29 is 9.53 Å². The Balaban J connectivity index is 1.43. The van der Waals surface area contributed by atoms with Gasteiger partial charge >= 0.3 is 0 Å². The summed E-state index contributed by atoms with van der Waals surface area (Å²) in [7, 11) is 0. The lowest BCUT2D eigenvalue weighted by molar-refractivity contribution is -0.135. The van der Waals surface area contributed by atoms with Crippen molar-refractivity contribution in [3.05, 3.63) is 0 Å². The first-order valence-electron chi connectivity index (χ1n) is 8.60. The molecule has 4 rings (SSSR count). The maximum atomic E-state index is 12.1. The topological polar surface area (TPSA) is 36.0 Å². The number of amides is 1. The highest BCUT2D eigenvalue weighted by Crippen LogP contribution is 2.31. The molecule has 2 bridgehead atoms. The molecule has 4 saturated heterocycles. The van der Waals surface area contributed by atoms with Crippen molar-refractivity contribution in [2.24, 2.45) is 5.92 Å². The van der Waals surface area contributed by atoms with E-state index in [9.17, 15) is 4.79 Å². The molecule has 0 spiro atoms. The molecule has 0 aromatic rings. The maximum Gasteiger partial charge on any atom is 0.224 e. The lowest BCUT2D eigenvalue weighted by atomic mass is 9.83. The minimum Gasteiger partial charge on any atom is -0.381 e. The summed E-state index contributed by atoms with van der Waals surface area (Å²) in [5, 5.41) is 0. The average Bonchev–Trinajstić information content (AvgIpc) is 2.56. The molecule has 4 fully saturated rings. The molecule has 0 aliphatic carbocycles. The predicted octanol–water partition coefficient (Wildman–Crippen LogP) is 0.651. The zero-order valence-electron chi connectivity index (χ0n) is 13.3. The largest absolute Gasteiger partial charge is 0.381 e. The van der Waals surface area contributed by atoms with Gasteiger partial charge in [0.25, 0.3) is 0 Å². The first kappa shape index (κ1) is 15.3. The summed E-state index contributed by atoms with van der Waals surface area (Å²) in [6, 6.07) is 0.744. The molecule has 5 nitrogen and oxygen atoms in total. The van der Waals surface area contributed by atoms with Crippen molar-refractivity contribution in [2.45, 2.75) is 32.2 Å². The predicted molar refractivity (Wildman–Crippen MR) is 82.2 cm³/mol. The van der Waals surface area contributed by atoms with Gasteiger partial charge in [-0.1, -0.05) is 0 Å². The molecular weight excluding hydrogens is 266 g/mol. The van der Waals surface area contributed by atoms with E-state index >= 15 is 0 Å². The molecule has 0 unspecified atom stereocenters. The molecule has 1 amide bonds. The second-order valence-corrected chi connectivity index (χ2v) is 6.57. The van der Waals surface area contributed by atoms with Crippen LogP contribution in [0.4, 0.5) is 0 Å². The average molecular weight is 295 g/mol. The van der Waals surface area contributed by atoms with Gasteiger partial charge < -0.3 is 14.5 Å². The fraction of sp³-hybridized carbons (Fsp3) is 0.938. The highest BCUT2D eigenvalue weighted by Gasteiger charge is 2.38. The van der Waals surface area contributed by atoms with E-state index in [0.717, 1.165) is 38.1 Å². The minimum absolute atomic E-state index is 0.261. The summed E-state index contributed by atoms with van der Waals surface area (Å²) in [4.78, 5) is 19.4. The Bertz CT molecular complexity index is 347. The van der Waals surface area contributed by atoms with E-state index < -0.39 is 0 Å². The normalized spacial score (nSPS) is 33.4. The van der Waals surface area contributed by atoms with Gasteiger partial charge in [-0.2, -0.15) is 0 Å². The number of nitrogens with zero attached hydrogens (tertiary/aromatic N) is 3. The summed E-state index contributed by atoms with van der Waals surface area (Å²) < 4.78 is 5.28. The fourth-order valence-corrected chi connectivity index (χ4v) is 4.11. The SMILES string of the molecule is CCOCCC(=O)N1CCN([C@H]2CN3CCC2CC3)CC1. The van der Waals surface area contributed by atoms with Gasteiger partial charge in [-0.15, -0.1) is 0 Å². The Kier molecular flexibility index (Phi) is 5.14. The molecule has 4 aliphatic heterocycles. The van der Waals surface area contributed by atoms with Crippen molar-refractivity contribution in [1.29, 1.82) is 0 Å². The molecule has 0 N–H and O–H groups in total. The summed E-state index contributed by atoms with van der Waals surface area (Å²) in [6.45, 7) is 11.0. The number of ether oxygens (including phenoxy) is 1. The third-order valence-corrected chi connectivity index (χ3v) is 5.42. The van der Waals surface area contributed by atoms with E-state index in [4.69, 9.17) is 4.74 Å². The molecule has 0 aromatic carbocycles. The van der Waals surface area contributed by atoms with Crippen LogP contribution in [0.5, 0.6) is 0 Å². The molecule has 0 radical (unpaired) electrons. The summed E-state index contributed by atoms with van der Waals surface area (Å²) in [6.07, 6.45) is 3.28. The number of carbonyl (C=O) groups excluding carboxylic acids is 1. The summed E-state index contributed by atoms with van der Waals surface area (Å²) in [5.74, 6) is 1.16. The minimum atomic E-state index is 0.261. The smallest absolute Gasteiger partial charge is 0.224 e. The van der Waals surface area contributed by atoms with Crippen molar-refractivity contribution in [2.75, 3.05) is 59.0 Å². The van der Waals surface area contributed by atoms with Crippen LogP contribution >= 0.6 is 0 Å². The van der Waals surface area contributed by atoms with Crippen LogP contribution in [0.1, 0.15) is 26.2 Å². The van der Waals surface area contributed by atoms with Gasteiger partial charge in [0.1, 0.15) is 0 Å². The number of rotatable bonds is 5. The number of hydrogen-bond donors (Lipinski definition) is 0. The van der Waals surface area contributed by atoms with E-state index in [1.807, 2.05) is 11.8 Å². The van der Waals surface area contributed by atoms with Crippen molar-refractivity contribution in [3.63, 3.8) is 0 Å².